The number of rotatable bonds is 3. The second kappa shape index (κ2) is 4.82. The van der Waals surface area contributed by atoms with Gasteiger partial charge in [-0.3, -0.25) is 0 Å². The Morgan fingerprint density at radius 3 is 2.60 bits per heavy atom. The van der Waals surface area contributed by atoms with Crippen molar-refractivity contribution in [1.82, 2.24) is 5.32 Å². The molecule has 1 unspecified atom stereocenters. The molecular weight excluding hydrogens is 342 g/mol. The summed E-state index contributed by atoms with van der Waals surface area (Å²) in [4.78, 5) is 0. The molecule has 1 atom stereocenters. The smallest absolute Gasteiger partial charge is 0.174 e. The van der Waals surface area contributed by atoms with Gasteiger partial charge in [-0.05, 0) is 55.9 Å². The number of nitrogens with one attached hydrogen (secondary N) is 1. The average Bonchev–Trinajstić information content (AvgIpc) is 2.80. The second-order valence-corrected chi connectivity index (χ2v) is 5.36. The van der Waals surface area contributed by atoms with Gasteiger partial charge in [-0.2, -0.15) is 11.3 Å². The maximum Gasteiger partial charge on any atom is 0.174 e. The zero-order valence-electron chi connectivity index (χ0n) is 7.96. The molecule has 2 aromatic heterocycles. The van der Waals surface area contributed by atoms with Crippen molar-refractivity contribution in [2.24, 2.45) is 0 Å². The number of hydrogen-bond acceptors (Lipinski definition) is 3. The molecule has 2 nitrogen and oxygen atoms in total. The van der Waals surface area contributed by atoms with E-state index in [0.717, 1.165) is 14.7 Å². The highest BCUT2D eigenvalue weighted by molar-refractivity contribution is 9.10. The zero-order chi connectivity index (χ0) is 10.8. The summed E-state index contributed by atoms with van der Waals surface area (Å²) in [7, 11) is 1.94. The summed E-state index contributed by atoms with van der Waals surface area (Å²) in [6.07, 6.45) is 1.68. The Hall–Kier alpha value is -0.100. The Balaban J connectivity index is 2.41. The maximum atomic E-state index is 5.25. The van der Waals surface area contributed by atoms with Crippen LogP contribution < -0.4 is 5.32 Å². The number of halogens is 2. The highest BCUT2D eigenvalue weighted by Gasteiger charge is 2.19. The molecule has 0 spiro atoms. The van der Waals surface area contributed by atoms with Gasteiger partial charge < -0.3 is 9.73 Å². The first-order chi connectivity index (χ1) is 7.24. The largest absolute Gasteiger partial charge is 0.457 e. The van der Waals surface area contributed by atoms with Crippen molar-refractivity contribution in [2.75, 3.05) is 7.05 Å². The lowest BCUT2D eigenvalue weighted by atomic mass is 10.1. The van der Waals surface area contributed by atoms with Crippen molar-refractivity contribution in [1.29, 1.82) is 0 Å². The molecule has 0 aliphatic carbocycles. The van der Waals surface area contributed by atoms with Crippen molar-refractivity contribution < 1.29 is 4.42 Å². The van der Waals surface area contributed by atoms with Gasteiger partial charge in [-0.15, -0.1) is 0 Å². The molecule has 5 heteroatoms. The molecular formula is C10H9Br2NOS. The molecule has 0 aliphatic heterocycles. The van der Waals surface area contributed by atoms with Crippen molar-refractivity contribution in [3.63, 3.8) is 0 Å². The first kappa shape index (κ1) is 11.4. The van der Waals surface area contributed by atoms with Crippen molar-refractivity contribution in [3.8, 4) is 0 Å². The second-order valence-electron chi connectivity index (χ2n) is 3.05. The normalized spacial score (nSPS) is 13.0. The molecule has 0 aliphatic rings. The lowest BCUT2D eigenvalue weighted by molar-refractivity contribution is 0.530. The Kier molecular flexibility index (Phi) is 3.66. The van der Waals surface area contributed by atoms with Gasteiger partial charge in [0, 0.05) is 15.4 Å². The SMILES string of the molecule is CNC(c1cscc1Br)c1ccoc1Br. The summed E-state index contributed by atoms with van der Waals surface area (Å²) in [5.74, 6) is 0. The van der Waals surface area contributed by atoms with E-state index in [-0.39, 0.29) is 6.04 Å². The van der Waals surface area contributed by atoms with Crippen LogP contribution in [-0.2, 0) is 0 Å². The van der Waals surface area contributed by atoms with E-state index in [2.05, 4.69) is 47.9 Å². The van der Waals surface area contributed by atoms with E-state index in [0.29, 0.717) is 0 Å². The van der Waals surface area contributed by atoms with Crippen LogP contribution in [0.4, 0.5) is 0 Å². The van der Waals surface area contributed by atoms with Crippen LogP contribution in [0.1, 0.15) is 17.2 Å². The van der Waals surface area contributed by atoms with Gasteiger partial charge in [0.1, 0.15) is 0 Å². The fourth-order valence-corrected chi connectivity index (χ4v) is 3.51. The fraction of sp³-hybridized carbons (Fsp3) is 0.200. The minimum atomic E-state index is 0.152. The first-order valence-electron chi connectivity index (χ1n) is 4.35. The highest BCUT2D eigenvalue weighted by atomic mass is 79.9. The summed E-state index contributed by atoms with van der Waals surface area (Å²) in [5.41, 5.74) is 2.33. The minimum absolute atomic E-state index is 0.152. The van der Waals surface area contributed by atoms with Crippen molar-refractivity contribution >= 4 is 43.2 Å². The fourth-order valence-electron chi connectivity index (χ4n) is 1.49. The van der Waals surface area contributed by atoms with Gasteiger partial charge in [-0.1, -0.05) is 0 Å². The standard InChI is InChI=1S/C10H9Br2NOS/c1-13-9(6-2-3-14-10(6)12)7-4-15-5-8(7)11/h2-5,9,13H,1H3. The van der Waals surface area contributed by atoms with Gasteiger partial charge in [-0.25, -0.2) is 0 Å². The topological polar surface area (TPSA) is 25.2 Å². The minimum Gasteiger partial charge on any atom is -0.457 e. The summed E-state index contributed by atoms with van der Waals surface area (Å²) in [6, 6.07) is 2.12. The molecule has 1 N–H and O–H groups in total. The Labute approximate surface area is 109 Å². The van der Waals surface area contributed by atoms with E-state index in [1.165, 1.54) is 5.56 Å². The molecule has 2 heterocycles. The molecule has 0 amide bonds. The Morgan fingerprint density at radius 1 is 1.33 bits per heavy atom. The van der Waals surface area contributed by atoms with Crippen LogP contribution in [-0.4, -0.2) is 7.05 Å². The van der Waals surface area contributed by atoms with E-state index in [9.17, 15) is 0 Å². The predicted octanol–water partition coefficient (Wildman–Crippen LogP) is 4.17. The monoisotopic (exact) mass is 349 g/mol. The molecule has 0 radical (unpaired) electrons. The molecule has 0 aromatic carbocycles. The van der Waals surface area contributed by atoms with Crippen LogP contribution in [0.25, 0.3) is 0 Å². The van der Waals surface area contributed by atoms with Crippen molar-refractivity contribution in [3.05, 3.63) is 43.4 Å². The lowest BCUT2D eigenvalue weighted by Crippen LogP contribution is -2.17. The quantitative estimate of drug-likeness (QED) is 0.898. The van der Waals surface area contributed by atoms with Crippen LogP contribution in [0.5, 0.6) is 0 Å². The molecule has 0 saturated heterocycles. The lowest BCUT2D eigenvalue weighted by Gasteiger charge is -2.14. The van der Waals surface area contributed by atoms with E-state index in [1.54, 1.807) is 17.6 Å². The summed E-state index contributed by atoms with van der Waals surface area (Å²) < 4.78 is 7.15. The third-order valence-corrected chi connectivity index (χ3v) is 4.60. The molecule has 0 bridgehead atoms. The summed E-state index contributed by atoms with van der Waals surface area (Å²) in [6.45, 7) is 0. The molecule has 15 heavy (non-hydrogen) atoms. The van der Waals surface area contributed by atoms with E-state index in [4.69, 9.17) is 4.42 Å². The summed E-state index contributed by atoms with van der Waals surface area (Å²) >= 11 is 8.62. The average molecular weight is 351 g/mol. The molecule has 80 valence electrons. The number of furan rings is 1. The van der Waals surface area contributed by atoms with Crippen LogP contribution in [0.15, 0.2) is 36.6 Å². The van der Waals surface area contributed by atoms with Gasteiger partial charge in [0.05, 0.1) is 12.3 Å². The third-order valence-electron chi connectivity index (χ3n) is 2.20. The van der Waals surface area contributed by atoms with Crippen LogP contribution in [0.3, 0.4) is 0 Å². The van der Waals surface area contributed by atoms with E-state index in [1.807, 2.05) is 13.1 Å². The third kappa shape index (κ3) is 2.20. The van der Waals surface area contributed by atoms with Crippen LogP contribution in [0.2, 0.25) is 0 Å². The van der Waals surface area contributed by atoms with Gasteiger partial charge in [0.25, 0.3) is 0 Å². The Morgan fingerprint density at radius 2 is 2.13 bits per heavy atom. The van der Waals surface area contributed by atoms with Crippen LogP contribution >= 0.6 is 43.2 Å². The predicted molar refractivity (Wildman–Crippen MR) is 69.3 cm³/mol. The molecule has 0 saturated carbocycles. The van der Waals surface area contributed by atoms with Crippen LogP contribution in [0, 0.1) is 0 Å². The van der Waals surface area contributed by atoms with Crippen molar-refractivity contribution in [2.45, 2.75) is 6.04 Å². The highest BCUT2D eigenvalue weighted by Crippen LogP contribution is 2.34. The number of thiophene rings is 1. The molecule has 2 aromatic rings. The van der Waals surface area contributed by atoms with Gasteiger partial charge in [0.2, 0.25) is 0 Å². The van der Waals surface area contributed by atoms with E-state index >= 15 is 0 Å². The molecule has 0 fully saturated rings. The van der Waals surface area contributed by atoms with Gasteiger partial charge >= 0.3 is 0 Å². The maximum absolute atomic E-state index is 5.25. The number of hydrogen-bond donors (Lipinski definition) is 1. The van der Waals surface area contributed by atoms with E-state index < -0.39 is 0 Å². The first-order valence-corrected chi connectivity index (χ1v) is 6.88. The summed E-state index contributed by atoms with van der Waals surface area (Å²) in [5, 5.41) is 7.48. The molecule has 2 rings (SSSR count). The van der Waals surface area contributed by atoms with Gasteiger partial charge in [0.15, 0.2) is 4.67 Å². The Bertz CT molecular complexity index is 411. The zero-order valence-corrected chi connectivity index (χ0v) is 11.9.